The van der Waals surface area contributed by atoms with Crippen molar-refractivity contribution in [2.24, 2.45) is 29.4 Å². The molecule has 5 N–H and O–H groups in total. The first-order chi connectivity index (χ1) is 20.0. The lowest BCUT2D eigenvalue weighted by Crippen LogP contribution is -2.61. The number of rotatable bonds is 12. The molecule has 4 atom stereocenters. The Morgan fingerprint density at radius 3 is 2.10 bits per heavy atom. The quantitative estimate of drug-likeness (QED) is 0.258. The monoisotopic (exact) mass is 587 g/mol. The smallest absolute Gasteiger partial charge is 0.315 e. The molecule has 1 aliphatic heterocycles. The summed E-state index contributed by atoms with van der Waals surface area (Å²) in [6.45, 7) is 6.58. The number of carbonyl (C=O) groups is 5. The number of hydrogen-bond acceptors (Lipinski definition) is 5. The van der Waals surface area contributed by atoms with Crippen LogP contribution in [0.4, 0.5) is 4.79 Å². The molecule has 3 saturated carbocycles. The first kappa shape index (κ1) is 32.3. The van der Waals surface area contributed by atoms with Crippen molar-refractivity contribution in [3.63, 3.8) is 0 Å². The number of nitrogens with two attached hydrogens (primary N) is 1. The molecule has 0 aromatic heterocycles. The Bertz CT molecular complexity index is 999. The van der Waals surface area contributed by atoms with Gasteiger partial charge in [-0.05, 0) is 68.6 Å². The largest absolute Gasteiger partial charge is 0.363 e. The Balaban J connectivity index is 1.54. The minimum atomic E-state index is -1.06. The van der Waals surface area contributed by atoms with Gasteiger partial charge >= 0.3 is 6.03 Å². The van der Waals surface area contributed by atoms with Crippen LogP contribution < -0.4 is 21.7 Å². The number of ketones is 1. The molecule has 4 rings (SSSR count). The highest BCUT2D eigenvalue weighted by Crippen LogP contribution is 2.36. The fourth-order valence-corrected chi connectivity index (χ4v) is 7.69. The molecule has 4 fully saturated rings. The maximum Gasteiger partial charge on any atom is 0.315 e. The van der Waals surface area contributed by atoms with E-state index >= 15 is 0 Å². The molecular weight excluding hydrogens is 534 g/mol. The first-order valence-corrected chi connectivity index (χ1v) is 16.6. The van der Waals surface area contributed by atoms with E-state index in [4.69, 9.17) is 5.73 Å². The molecule has 0 bridgehead atoms. The lowest BCUT2D eigenvalue weighted by Gasteiger charge is -2.39. The molecule has 0 radical (unpaired) electrons. The van der Waals surface area contributed by atoms with E-state index in [1.54, 1.807) is 4.90 Å². The number of hydrogen-bond donors (Lipinski definition) is 4. The van der Waals surface area contributed by atoms with Crippen LogP contribution in [0.5, 0.6) is 0 Å². The summed E-state index contributed by atoms with van der Waals surface area (Å²) >= 11 is 0. The number of carbonyl (C=O) groups excluding carboxylic acids is 5. The van der Waals surface area contributed by atoms with Crippen LogP contribution in [0.3, 0.4) is 0 Å². The predicted molar refractivity (Wildman–Crippen MR) is 160 cm³/mol. The molecule has 2 unspecified atom stereocenters. The van der Waals surface area contributed by atoms with Gasteiger partial charge in [-0.3, -0.25) is 19.2 Å². The van der Waals surface area contributed by atoms with Gasteiger partial charge in [0.05, 0.1) is 6.04 Å². The van der Waals surface area contributed by atoms with E-state index in [1.807, 2.05) is 13.8 Å². The van der Waals surface area contributed by atoms with Gasteiger partial charge in [-0.1, -0.05) is 72.1 Å². The molecule has 3 aliphatic carbocycles. The van der Waals surface area contributed by atoms with Crippen molar-refractivity contribution < 1.29 is 24.0 Å². The zero-order chi connectivity index (χ0) is 30.4. The molecule has 10 heteroatoms. The van der Waals surface area contributed by atoms with E-state index in [1.165, 1.54) is 6.42 Å². The van der Waals surface area contributed by atoms with E-state index in [2.05, 4.69) is 22.9 Å². The van der Waals surface area contributed by atoms with Gasteiger partial charge in [0.15, 0.2) is 0 Å². The Hall–Kier alpha value is -2.65. The van der Waals surface area contributed by atoms with Crippen LogP contribution in [0.15, 0.2) is 0 Å². The number of likely N-dealkylation sites (tertiary alicyclic amines) is 1. The molecule has 1 heterocycles. The van der Waals surface area contributed by atoms with Gasteiger partial charge in [-0.25, -0.2) is 4.79 Å². The summed E-state index contributed by atoms with van der Waals surface area (Å²) in [6, 6.07) is -2.79. The topological polar surface area (TPSA) is 151 Å². The summed E-state index contributed by atoms with van der Waals surface area (Å²) in [5.74, 6) is -2.20. The van der Waals surface area contributed by atoms with Crippen molar-refractivity contribution >= 4 is 29.5 Å². The highest BCUT2D eigenvalue weighted by molar-refractivity contribution is 6.37. The van der Waals surface area contributed by atoms with Crippen LogP contribution in [0.25, 0.3) is 0 Å². The second kappa shape index (κ2) is 14.2. The number of primary amides is 1. The molecule has 4 aliphatic rings. The van der Waals surface area contributed by atoms with Crippen molar-refractivity contribution in [1.82, 2.24) is 20.9 Å². The third kappa shape index (κ3) is 7.84. The Labute approximate surface area is 251 Å². The average Bonchev–Trinajstić information content (AvgIpc) is 3.68. The van der Waals surface area contributed by atoms with Crippen molar-refractivity contribution in [3.05, 3.63) is 0 Å². The van der Waals surface area contributed by atoms with Crippen molar-refractivity contribution in [3.8, 4) is 0 Å². The van der Waals surface area contributed by atoms with Crippen molar-refractivity contribution in [2.45, 2.75) is 141 Å². The van der Waals surface area contributed by atoms with Crippen LogP contribution in [-0.2, 0) is 19.2 Å². The standard InChI is InChI=1S/C32H53N5O5/c1-4-32(16-9-6-10-17-32)36-31(42)35-25(22-11-7-5-8-12-22)30(41)37-18-15-23(20(2)3)26(37)29(40)34-24(19-21-13-14-21)27(38)28(33)39/h20-26H,4-19H2,1-3H3,(H2,33,39)(H,34,40)(H2,35,36,42)/t23?,24?,25-,26-/m0/s1. The molecule has 10 nitrogen and oxygen atoms in total. The molecular formula is C32H53N5O5. The first-order valence-electron chi connectivity index (χ1n) is 16.6. The van der Waals surface area contributed by atoms with Crippen molar-refractivity contribution in [1.29, 1.82) is 0 Å². The van der Waals surface area contributed by atoms with Crippen LogP contribution in [-0.4, -0.2) is 64.6 Å². The predicted octanol–water partition coefficient (Wildman–Crippen LogP) is 3.56. The molecule has 42 heavy (non-hydrogen) atoms. The summed E-state index contributed by atoms with van der Waals surface area (Å²) in [7, 11) is 0. The van der Waals surface area contributed by atoms with Crippen molar-refractivity contribution in [2.75, 3.05) is 6.54 Å². The maximum atomic E-state index is 14.4. The second-order valence-corrected chi connectivity index (χ2v) is 13.8. The fourth-order valence-electron chi connectivity index (χ4n) is 7.69. The number of urea groups is 1. The summed E-state index contributed by atoms with van der Waals surface area (Å²) in [4.78, 5) is 67.7. The zero-order valence-corrected chi connectivity index (χ0v) is 25.9. The minimum Gasteiger partial charge on any atom is -0.363 e. The van der Waals surface area contributed by atoms with Crippen LogP contribution in [0.2, 0.25) is 0 Å². The fraction of sp³-hybridized carbons (Fsp3) is 0.844. The zero-order valence-electron chi connectivity index (χ0n) is 25.9. The number of Topliss-reactive ketones (excluding diaryl/α,β-unsaturated/α-hetero) is 1. The number of amides is 5. The number of nitrogens with zero attached hydrogens (tertiary/aromatic N) is 1. The molecule has 0 aromatic carbocycles. The van der Waals surface area contributed by atoms with Gasteiger partial charge in [-0.15, -0.1) is 0 Å². The lowest BCUT2D eigenvalue weighted by atomic mass is 9.80. The van der Waals surface area contributed by atoms with Crippen LogP contribution in [0.1, 0.15) is 117 Å². The van der Waals surface area contributed by atoms with E-state index in [0.29, 0.717) is 19.4 Å². The van der Waals surface area contributed by atoms with E-state index in [9.17, 15) is 24.0 Å². The summed E-state index contributed by atoms with van der Waals surface area (Å²) < 4.78 is 0. The molecule has 1 saturated heterocycles. The molecule has 0 spiro atoms. The van der Waals surface area contributed by atoms with E-state index in [-0.39, 0.29) is 41.1 Å². The SMILES string of the molecule is CCC1(NC(=O)N[C@H](C(=O)N2CCC(C(C)C)[C@H]2C(=O)NC(CC2CC2)C(=O)C(N)=O)C2CCCCC2)CCCCC1. The van der Waals surface area contributed by atoms with Crippen LogP contribution in [0, 0.1) is 23.7 Å². The van der Waals surface area contributed by atoms with Gasteiger partial charge in [-0.2, -0.15) is 0 Å². The van der Waals surface area contributed by atoms with Crippen LogP contribution >= 0.6 is 0 Å². The average molecular weight is 588 g/mol. The summed E-state index contributed by atoms with van der Waals surface area (Å²) in [5.41, 5.74) is 5.07. The van der Waals surface area contributed by atoms with E-state index in [0.717, 1.165) is 77.0 Å². The maximum absolute atomic E-state index is 14.4. The van der Waals surface area contributed by atoms with Gasteiger partial charge in [0.2, 0.25) is 17.6 Å². The minimum absolute atomic E-state index is 0.00166. The van der Waals surface area contributed by atoms with Gasteiger partial charge in [0.1, 0.15) is 12.1 Å². The molecule has 236 valence electrons. The summed E-state index contributed by atoms with van der Waals surface area (Å²) in [5, 5.41) is 9.17. The molecule has 5 amide bonds. The third-order valence-electron chi connectivity index (χ3n) is 10.5. The Morgan fingerprint density at radius 2 is 1.52 bits per heavy atom. The van der Waals surface area contributed by atoms with Gasteiger partial charge in [0.25, 0.3) is 5.91 Å². The third-order valence-corrected chi connectivity index (χ3v) is 10.5. The highest BCUT2D eigenvalue weighted by Gasteiger charge is 2.47. The highest BCUT2D eigenvalue weighted by atomic mass is 16.2. The Kier molecular flexibility index (Phi) is 10.9. The Morgan fingerprint density at radius 1 is 0.881 bits per heavy atom. The second-order valence-electron chi connectivity index (χ2n) is 13.8. The van der Waals surface area contributed by atoms with E-state index < -0.39 is 35.7 Å². The van der Waals surface area contributed by atoms with Gasteiger partial charge < -0.3 is 26.6 Å². The molecule has 0 aromatic rings. The number of nitrogens with one attached hydrogen (secondary N) is 3. The summed E-state index contributed by atoms with van der Waals surface area (Å²) in [6.07, 6.45) is 13.8. The lowest BCUT2D eigenvalue weighted by molar-refractivity contribution is -0.144. The normalized spacial score (nSPS) is 25.9. The van der Waals surface area contributed by atoms with Gasteiger partial charge in [0, 0.05) is 12.1 Å².